The molecular formula is C28H31ClFN3O3S. The number of urea groups is 1. The summed E-state index contributed by atoms with van der Waals surface area (Å²) in [5, 5.41) is 5.40. The number of hydrogen-bond donors (Lipinski definition) is 1. The third kappa shape index (κ3) is 7.02. The Hall–Kier alpha value is -3.10. The van der Waals surface area contributed by atoms with Crippen molar-refractivity contribution in [1.29, 1.82) is 0 Å². The van der Waals surface area contributed by atoms with E-state index in [1.54, 1.807) is 57.5 Å². The van der Waals surface area contributed by atoms with Crippen molar-refractivity contribution in [3.05, 3.63) is 81.3 Å². The summed E-state index contributed by atoms with van der Waals surface area (Å²) in [5.74, 6) is 0.0924. The topological polar surface area (TPSA) is 61.9 Å². The molecule has 1 aromatic heterocycles. The molecule has 2 unspecified atom stereocenters. The molecule has 37 heavy (non-hydrogen) atoms. The van der Waals surface area contributed by atoms with Crippen LogP contribution in [0.4, 0.5) is 14.9 Å². The Labute approximate surface area is 226 Å². The van der Waals surface area contributed by atoms with Gasteiger partial charge >= 0.3 is 6.03 Å². The van der Waals surface area contributed by atoms with E-state index in [9.17, 15) is 14.0 Å². The van der Waals surface area contributed by atoms with Crippen LogP contribution in [0.15, 0.2) is 60.0 Å². The summed E-state index contributed by atoms with van der Waals surface area (Å²) < 4.78 is 19.6. The number of carbonyl (C=O) groups excluding carboxylic acids is 2. The Balaban J connectivity index is 1.51. The van der Waals surface area contributed by atoms with Crippen LogP contribution in [-0.4, -0.2) is 48.0 Å². The van der Waals surface area contributed by atoms with Crippen LogP contribution in [0.3, 0.4) is 0 Å². The normalized spacial score (nSPS) is 15.6. The second-order valence-electron chi connectivity index (χ2n) is 9.25. The fraction of sp³-hybridized carbons (Fsp3) is 0.357. The lowest BCUT2D eigenvalue weighted by atomic mass is 10.00. The first-order valence-corrected chi connectivity index (χ1v) is 13.7. The van der Waals surface area contributed by atoms with E-state index >= 15 is 0 Å². The molecule has 0 fully saturated rings. The van der Waals surface area contributed by atoms with Crippen LogP contribution in [0.25, 0.3) is 0 Å². The van der Waals surface area contributed by atoms with Crippen molar-refractivity contribution < 1.29 is 18.7 Å². The third-order valence-corrected chi connectivity index (χ3v) is 7.77. The maximum Gasteiger partial charge on any atom is 0.322 e. The smallest absolute Gasteiger partial charge is 0.322 e. The Kier molecular flexibility index (Phi) is 9.05. The summed E-state index contributed by atoms with van der Waals surface area (Å²) in [4.78, 5) is 31.4. The molecule has 0 spiro atoms. The fourth-order valence-electron chi connectivity index (χ4n) is 4.35. The van der Waals surface area contributed by atoms with E-state index in [4.69, 9.17) is 16.3 Å². The minimum Gasteiger partial charge on any atom is -0.491 e. The van der Waals surface area contributed by atoms with Gasteiger partial charge in [0.15, 0.2) is 0 Å². The molecule has 0 radical (unpaired) electrons. The molecule has 196 valence electrons. The van der Waals surface area contributed by atoms with Gasteiger partial charge in [-0.1, -0.05) is 44.0 Å². The molecule has 1 aliphatic heterocycles. The monoisotopic (exact) mass is 543 g/mol. The molecule has 3 amide bonds. The number of carbonyl (C=O) groups is 2. The van der Waals surface area contributed by atoms with Crippen LogP contribution in [0.1, 0.15) is 36.8 Å². The highest BCUT2D eigenvalue weighted by atomic mass is 35.5. The number of nitrogens with one attached hydrogen (secondary N) is 1. The Bertz CT molecular complexity index is 1240. The maximum absolute atomic E-state index is 13.7. The van der Waals surface area contributed by atoms with Crippen molar-refractivity contribution in [2.24, 2.45) is 5.92 Å². The molecule has 0 saturated carbocycles. The number of halogens is 2. The van der Waals surface area contributed by atoms with Gasteiger partial charge in [0.25, 0.3) is 0 Å². The summed E-state index contributed by atoms with van der Waals surface area (Å²) in [5.41, 5.74) is 1.61. The van der Waals surface area contributed by atoms with Crippen molar-refractivity contribution in [3.63, 3.8) is 0 Å². The first kappa shape index (κ1) is 26.9. The van der Waals surface area contributed by atoms with E-state index in [0.29, 0.717) is 29.5 Å². The number of anilines is 1. The number of ether oxygens (including phenoxy) is 1. The first-order chi connectivity index (χ1) is 17.8. The second-order valence-corrected chi connectivity index (χ2v) is 10.7. The SMILES string of the molecule is CCC(C)CN(CC(=O)N1CCc2sccc2C1COc1cccc(F)c1)C(=O)Nc1cccc(Cl)c1. The number of thiophene rings is 1. The standard InChI is InChI=1S/C28H31ClFN3O3S/c1-3-19(2)16-32(28(35)31-22-8-4-6-20(29)14-22)17-27(34)33-12-10-26-24(11-13-37-26)25(33)18-36-23-9-5-7-21(30)15-23/h4-9,11,13-15,19,25H,3,10,12,16-18H2,1-2H3,(H,31,35). The number of fused-ring (bicyclic) bond motifs is 1. The van der Waals surface area contributed by atoms with Crippen LogP contribution in [0.2, 0.25) is 5.02 Å². The predicted octanol–water partition coefficient (Wildman–Crippen LogP) is 6.63. The zero-order valence-corrected chi connectivity index (χ0v) is 22.5. The molecule has 4 rings (SSSR count). The van der Waals surface area contributed by atoms with Crippen LogP contribution in [-0.2, 0) is 11.2 Å². The number of amides is 3. The number of benzene rings is 2. The number of rotatable bonds is 9. The molecule has 2 atom stereocenters. The minimum absolute atomic E-state index is 0.0628. The van der Waals surface area contributed by atoms with E-state index in [1.807, 2.05) is 11.4 Å². The van der Waals surface area contributed by atoms with Crippen molar-refractivity contribution in [2.45, 2.75) is 32.7 Å². The average molecular weight is 544 g/mol. The summed E-state index contributed by atoms with van der Waals surface area (Å²) in [7, 11) is 0. The van der Waals surface area contributed by atoms with Crippen LogP contribution < -0.4 is 10.1 Å². The van der Waals surface area contributed by atoms with Gasteiger partial charge in [-0.05, 0) is 59.7 Å². The van der Waals surface area contributed by atoms with Gasteiger partial charge in [0, 0.05) is 34.7 Å². The van der Waals surface area contributed by atoms with Crippen molar-refractivity contribution >= 4 is 40.6 Å². The Morgan fingerprint density at radius 3 is 2.81 bits per heavy atom. The molecular weight excluding hydrogens is 513 g/mol. The highest BCUT2D eigenvalue weighted by Gasteiger charge is 2.33. The van der Waals surface area contributed by atoms with Gasteiger partial charge in [-0.15, -0.1) is 11.3 Å². The highest BCUT2D eigenvalue weighted by Crippen LogP contribution is 2.34. The summed E-state index contributed by atoms with van der Waals surface area (Å²) in [6.07, 6.45) is 1.62. The van der Waals surface area contributed by atoms with Gasteiger partial charge in [-0.25, -0.2) is 9.18 Å². The molecule has 1 aliphatic rings. The maximum atomic E-state index is 13.7. The highest BCUT2D eigenvalue weighted by molar-refractivity contribution is 7.10. The van der Waals surface area contributed by atoms with Crippen LogP contribution in [0.5, 0.6) is 5.75 Å². The van der Waals surface area contributed by atoms with Gasteiger partial charge in [-0.3, -0.25) is 4.79 Å². The molecule has 0 bridgehead atoms. The molecule has 9 heteroatoms. The molecule has 0 aliphatic carbocycles. The lowest BCUT2D eigenvalue weighted by Crippen LogP contribution is -2.49. The minimum atomic E-state index is -0.378. The van der Waals surface area contributed by atoms with E-state index < -0.39 is 0 Å². The lowest BCUT2D eigenvalue weighted by Gasteiger charge is -2.37. The summed E-state index contributed by atoms with van der Waals surface area (Å²) in [6, 6.07) is 14.2. The number of hydrogen-bond acceptors (Lipinski definition) is 4. The molecule has 1 N–H and O–H groups in total. The van der Waals surface area contributed by atoms with Crippen molar-refractivity contribution in [3.8, 4) is 5.75 Å². The van der Waals surface area contributed by atoms with Gasteiger partial charge in [0.1, 0.15) is 24.7 Å². The van der Waals surface area contributed by atoms with E-state index in [0.717, 1.165) is 18.4 Å². The molecule has 2 heterocycles. The molecule has 2 aromatic carbocycles. The zero-order valence-electron chi connectivity index (χ0n) is 21.0. The van der Waals surface area contributed by atoms with Gasteiger partial charge in [0.05, 0.1) is 6.04 Å². The quantitative estimate of drug-likeness (QED) is 0.329. The largest absolute Gasteiger partial charge is 0.491 e. The molecule has 6 nitrogen and oxygen atoms in total. The van der Waals surface area contributed by atoms with Crippen LogP contribution in [0, 0.1) is 11.7 Å². The lowest BCUT2D eigenvalue weighted by molar-refractivity contribution is -0.135. The predicted molar refractivity (Wildman–Crippen MR) is 146 cm³/mol. The second kappa shape index (κ2) is 12.4. The first-order valence-electron chi connectivity index (χ1n) is 12.4. The van der Waals surface area contributed by atoms with Crippen LogP contribution >= 0.6 is 22.9 Å². The van der Waals surface area contributed by atoms with Gasteiger partial charge < -0.3 is 19.9 Å². The number of nitrogens with zero attached hydrogens (tertiary/aromatic N) is 2. The van der Waals surface area contributed by atoms with Crippen molar-refractivity contribution in [1.82, 2.24) is 9.80 Å². The Morgan fingerprint density at radius 2 is 2.05 bits per heavy atom. The van der Waals surface area contributed by atoms with E-state index in [2.05, 4.69) is 19.2 Å². The third-order valence-electron chi connectivity index (χ3n) is 6.54. The zero-order chi connectivity index (χ0) is 26.4. The average Bonchev–Trinajstić information content (AvgIpc) is 3.36. The molecule has 0 saturated heterocycles. The van der Waals surface area contributed by atoms with E-state index in [1.165, 1.54) is 17.0 Å². The van der Waals surface area contributed by atoms with E-state index in [-0.39, 0.29) is 42.9 Å². The fourth-order valence-corrected chi connectivity index (χ4v) is 5.47. The Morgan fingerprint density at radius 1 is 1.24 bits per heavy atom. The summed E-state index contributed by atoms with van der Waals surface area (Å²) >= 11 is 7.73. The van der Waals surface area contributed by atoms with Crippen molar-refractivity contribution in [2.75, 3.05) is 31.6 Å². The molecule has 3 aromatic rings. The van der Waals surface area contributed by atoms with Gasteiger partial charge in [-0.2, -0.15) is 0 Å². The van der Waals surface area contributed by atoms with Gasteiger partial charge in [0.2, 0.25) is 5.91 Å². The summed E-state index contributed by atoms with van der Waals surface area (Å²) in [6.45, 7) is 5.21.